The Bertz CT molecular complexity index is 1180. The van der Waals surface area contributed by atoms with Crippen molar-refractivity contribution in [2.45, 2.75) is 76.7 Å². The summed E-state index contributed by atoms with van der Waals surface area (Å²) < 4.78 is 0. The number of aliphatic carboxylic acids is 1. The Kier molecular flexibility index (Phi) is 11.8. The molecule has 0 aliphatic rings. The lowest BCUT2D eigenvalue weighted by atomic mass is 9.85. The number of aliphatic imine (C=N–C) groups is 1. The molecule has 204 valence electrons. The van der Waals surface area contributed by atoms with Crippen LogP contribution in [0.3, 0.4) is 0 Å². The summed E-state index contributed by atoms with van der Waals surface area (Å²) in [5.41, 5.74) is 13.1. The number of fused-ring (bicyclic) bond motifs is 1. The lowest BCUT2D eigenvalue weighted by molar-refractivity contribution is -0.131. The van der Waals surface area contributed by atoms with E-state index in [1.165, 1.54) is 60.9 Å². The minimum absolute atomic E-state index is 0.0583. The third kappa shape index (κ3) is 9.61. The summed E-state index contributed by atoms with van der Waals surface area (Å²) in [6.07, 6.45) is 13.4. The molecule has 0 saturated carbocycles. The zero-order chi connectivity index (χ0) is 27.2. The van der Waals surface area contributed by atoms with Crippen LogP contribution in [-0.4, -0.2) is 34.6 Å². The Labute approximate surface area is 226 Å². The van der Waals surface area contributed by atoms with E-state index >= 15 is 0 Å². The second-order valence-electron chi connectivity index (χ2n) is 10.0. The first kappa shape index (κ1) is 28.8. The Hall–Kier alpha value is -3.74. The first-order valence-corrected chi connectivity index (χ1v) is 13.8. The number of aromatic amines is 1. The number of hydrogen-bond donors (Lipinski definition) is 5. The number of guanidine groups is 1. The van der Waals surface area contributed by atoms with Crippen LogP contribution < -0.4 is 16.8 Å². The summed E-state index contributed by atoms with van der Waals surface area (Å²) >= 11 is 0. The number of nitrogens with zero attached hydrogens (tertiary/aromatic N) is 1. The van der Waals surface area contributed by atoms with Crippen molar-refractivity contribution in [3.63, 3.8) is 0 Å². The van der Waals surface area contributed by atoms with E-state index in [1.54, 1.807) is 0 Å². The van der Waals surface area contributed by atoms with Gasteiger partial charge >= 0.3 is 5.97 Å². The van der Waals surface area contributed by atoms with Crippen LogP contribution in [0.2, 0.25) is 0 Å². The average Bonchev–Trinajstić information content (AvgIpc) is 3.42. The third-order valence-electron chi connectivity index (χ3n) is 7.08. The maximum absolute atomic E-state index is 11.7. The van der Waals surface area contributed by atoms with Gasteiger partial charge in [0.15, 0.2) is 5.96 Å². The van der Waals surface area contributed by atoms with Crippen molar-refractivity contribution in [1.82, 2.24) is 4.98 Å². The van der Waals surface area contributed by atoms with E-state index in [9.17, 15) is 9.90 Å². The van der Waals surface area contributed by atoms with E-state index in [0.717, 1.165) is 25.1 Å². The molecule has 2 atom stereocenters. The highest BCUT2D eigenvalue weighted by Crippen LogP contribution is 2.32. The van der Waals surface area contributed by atoms with E-state index < -0.39 is 5.97 Å². The highest BCUT2D eigenvalue weighted by atomic mass is 16.4. The zero-order valence-electron chi connectivity index (χ0n) is 22.5. The fourth-order valence-corrected chi connectivity index (χ4v) is 5.03. The molecule has 0 spiro atoms. The normalized spacial score (nSPS) is 13.2. The molecule has 0 radical (unpaired) electrons. The topological polar surface area (TPSA) is 130 Å². The summed E-state index contributed by atoms with van der Waals surface area (Å²) in [5.74, 6) is 0.126. The zero-order valence-corrected chi connectivity index (χ0v) is 22.5. The average molecular weight is 518 g/mol. The van der Waals surface area contributed by atoms with Gasteiger partial charge < -0.3 is 26.9 Å². The fraction of sp³-hybridized carbons (Fsp3) is 0.419. The molecule has 3 rings (SSSR count). The molecule has 0 aliphatic carbocycles. The number of anilines is 1. The molecule has 0 bridgehead atoms. The van der Waals surface area contributed by atoms with Gasteiger partial charge in [0.2, 0.25) is 0 Å². The van der Waals surface area contributed by atoms with Gasteiger partial charge in [0.05, 0.1) is 12.6 Å². The maximum atomic E-state index is 11.7. The van der Waals surface area contributed by atoms with Gasteiger partial charge in [-0.25, -0.2) is 9.79 Å². The fourth-order valence-electron chi connectivity index (χ4n) is 5.03. The standard InChI is InChI=1S/C31H43N5O2/c1-2-3-4-5-6-7-11-24(26-16-15-23-12-8-9-13-25(23)20-26)17-18-28(36-29-14-10-19-34-29)27(21-30(37)38)22-35-31(32)33/h8-10,12-16,19-21,24,28,34,36H,2-7,11,17-18,22H2,1H3,(H,37,38)(H4,32,33,35)/b27-21+/t24-,28-/m1/s1. The number of carbonyl (C=O) groups is 1. The quantitative estimate of drug-likeness (QED) is 0.0600. The van der Waals surface area contributed by atoms with Gasteiger partial charge in [-0.1, -0.05) is 87.9 Å². The number of carboxylic acid groups (broad SMARTS) is 1. The maximum Gasteiger partial charge on any atom is 0.328 e. The molecule has 7 N–H and O–H groups in total. The van der Waals surface area contributed by atoms with E-state index in [1.807, 2.05) is 18.3 Å². The molecule has 1 aromatic heterocycles. The Balaban J connectivity index is 1.82. The van der Waals surface area contributed by atoms with Crippen molar-refractivity contribution in [1.29, 1.82) is 0 Å². The van der Waals surface area contributed by atoms with Crippen molar-refractivity contribution in [3.05, 3.63) is 78.0 Å². The number of nitrogens with one attached hydrogen (secondary N) is 2. The number of carboxylic acids is 1. The molecule has 2 aromatic carbocycles. The molecule has 0 saturated heterocycles. The minimum Gasteiger partial charge on any atom is -0.478 e. The van der Waals surface area contributed by atoms with Crippen LogP contribution in [0.4, 0.5) is 5.82 Å². The monoisotopic (exact) mass is 517 g/mol. The lowest BCUT2D eigenvalue weighted by Crippen LogP contribution is -2.28. The van der Waals surface area contributed by atoms with Gasteiger partial charge in [-0.2, -0.15) is 0 Å². The number of benzene rings is 2. The Morgan fingerprint density at radius 1 is 0.974 bits per heavy atom. The highest BCUT2D eigenvalue weighted by Gasteiger charge is 2.20. The van der Waals surface area contributed by atoms with Gasteiger partial charge in [-0.15, -0.1) is 0 Å². The number of unbranched alkanes of at least 4 members (excludes halogenated alkanes) is 5. The molecule has 0 unspecified atom stereocenters. The molecular formula is C31H43N5O2. The summed E-state index contributed by atoms with van der Waals surface area (Å²) in [6, 6.07) is 18.8. The van der Waals surface area contributed by atoms with Gasteiger partial charge in [-0.3, -0.25) is 0 Å². The van der Waals surface area contributed by atoms with Gasteiger partial charge in [0.25, 0.3) is 0 Å². The van der Waals surface area contributed by atoms with E-state index in [4.69, 9.17) is 11.5 Å². The number of rotatable bonds is 17. The van der Waals surface area contributed by atoms with Gasteiger partial charge in [0.1, 0.15) is 5.82 Å². The smallest absolute Gasteiger partial charge is 0.328 e. The minimum atomic E-state index is -1.01. The van der Waals surface area contributed by atoms with Crippen LogP contribution >= 0.6 is 0 Å². The number of aromatic nitrogens is 1. The van der Waals surface area contributed by atoms with Gasteiger partial charge in [-0.05, 0) is 59.2 Å². The first-order chi connectivity index (χ1) is 18.5. The Morgan fingerprint density at radius 3 is 2.45 bits per heavy atom. The first-order valence-electron chi connectivity index (χ1n) is 13.8. The number of hydrogen-bond acceptors (Lipinski definition) is 3. The summed E-state index contributed by atoms with van der Waals surface area (Å²) in [7, 11) is 0. The molecule has 1 heterocycles. The predicted octanol–water partition coefficient (Wildman–Crippen LogP) is 6.55. The van der Waals surface area contributed by atoms with Crippen molar-refractivity contribution in [3.8, 4) is 0 Å². The van der Waals surface area contributed by atoms with Crippen molar-refractivity contribution >= 4 is 28.5 Å². The summed E-state index contributed by atoms with van der Waals surface area (Å²) in [5, 5.41) is 15.5. The molecule has 7 heteroatoms. The van der Waals surface area contributed by atoms with E-state index in [0.29, 0.717) is 11.5 Å². The molecule has 7 nitrogen and oxygen atoms in total. The highest BCUT2D eigenvalue weighted by molar-refractivity contribution is 5.83. The number of H-pyrrole nitrogens is 1. The van der Waals surface area contributed by atoms with E-state index in [2.05, 4.69) is 64.7 Å². The molecule has 0 aliphatic heterocycles. The predicted molar refractivity (Wildman–Crippen MR) is 159 cm³/mol. The van der Waals surface area contributed by atoms with Crippen molar-refractivity contribution in [2.24, 2.45) is 16.5 Å². The van der Waals surface area contributed by atoms with Gasteiger partial charge in [0, 0.05) is 12.3 Å². The van der Waals surface area contributed by atoms with Crippen molar-refractivity contribution < 1.29 is 9.90 Å². The second kappa shape index (κ2) is 15.5. The lowest BCUT2D eigenvalue weighted by Gasteiger charge is -2.25. The largest absolute Gasteiger partial charge is 0.478 e. The van der Waals surface area contributed by atoms with Crippen LogP contribution in [0.5, 0.6) is 0 Å². The molecule has 38 heavy (non-hydrogen) atoms. The molecule has 3 aromatic rings. The molecular weight excluding hydrogens is 474 g/mol. The van der Waals surface area contributed by atoms with Crippen LogP contribution in [0, 0.1) is 0 Å². The van der Waals surface area contributed by atoms with Crippen LogP contribution in [0.1, 0.15) is 76.2 Å². The van der Waals surface area contributed by atoms with Crippen molar-refractivity contribution in [2.75, 3.05) is 11.9 Å². The Morgan fingerprint density at radius 2 is 1.74 bits per heavy atom. The number of nitrogens with two attached hydrogens (primary N) is 2. The molecule has 0 amide bonds. The van der Waals surface area contributed by atoms with Crippen LogP contribution in [0.25, 0.3) is 10.8 Å². The third-order valence-corrected chi connectivity index (χ3v) is 7.08. The van der Waals surface area contributed by atoms with E-state index in [-0.39, 0.29) is 18.5 Å². The molecule has 0 fully saturated rings. The summed E-state index contributed by atoms with van der Waals surface area (Å²) in [6.45, 7) is 2.37. The van der Waals surface area contributed by atoms with Crippen LogP contribution in [-0.2, 0) is 4.79 Å². The van der Waals surface area contributed by atoms with Crippen LogP contribution in [0.15, 0.2) is 77.4 Å². The summed E-state index contributed by atoms with van der Waals surface area (Å²) in [4.78, 5) is 19.0. The second-order valence-corrected chi connectivity index (χ2v) is 10.0. The SMILES string of the molecule is CCCCCCCC[C@H](CC[C@@H](Nc1ccc[nH]1)/C(=C/C(=O)O)CN=C(N)N)c1ccc2ccccc2c1.